The Bertz CT molecular complexity index is 389. The first-order chi connectivity index (χ1) is 6.61. The first kappa shape index (κ1) is 11.5. The third kappa shape index (κ3) is 2.07. The van der Waals surface area contributed by atoms with E-state index < -0.39 is 10.6 Å². The number of alkyl halides is 1. The molecular weight excluding hydrogens is 317 g/mol. The lowest BCUT2D eigenvalue weighted by molar-refractivity contribution is 0.384. The number of benzene rings is 1. The molecule has 0 N–H and O–H groups in total. The molecule has 0 radical (unpaired) electrons. The molecule has 0 heterocycles. The van der Waals surface area contributed by atoms with Gasteiger partial charge in [-0.05, 0) is 12.1 Å². The molecule has 1 rings (SSSR count). The smallest absolute Gasteiger partial charge is 0.171 e. The number of methoxy groups -OCH3 is 1. The van der Waals surface area contributed by atoms with E-state index in [9.17, 15) is 4.39 Å². The monoisotopic (exact) mass is 321 g/mol. The summed E-state index contributed by atoms with van der Waals surface area (Å²) in [6.45, 7) is 0. The van der Waals surface area contributed by atoms with Crippen molar-refractivity contribution in [3.8, 4) is 11.8 Å². The Morgan fingerprint density at radius 3 is 2.71 bits per heavy atom. The molecule has 0 fully saturated rings. The van der Waals surface area contributed by atoms with Crippen LogP contribution in [0.3, 0.4) is 0 Å². The Balaban J connectivity index is 3.34. The number of rotatable bonds is 2. The number of halogens is 3. The molecule has 1 aromatic rings. The second kappa shape index (κ2) is 4.76. The first-order valence-electron chi connectivity index (χ1n) is 3.67. The lowest BCUT2D eigenvalue weighted by atomic mass is 10.1. The zero-order chi connectivity index (χ0) is 10.7. The molecule has 2 nitrogen and oxygen atoms in total. The van der Waals surface area contributed by atoms with Crippen molar-refractivity contribution in [3.63, 3.8) is 0 Å². The maximum absolute atomic E-state index is 13.6. The fourth-order valence-electron chi connectivity index (χ4n) is 1.00. The molecule has 0 spiro atoms. The molecule has 0 saturated carbocycles. The molecule has 0 amide bonds. The molecule has 0 aliphatic heterocycles. The highest BCUT2D eigenvalue weighted by Crippen LogP contribution is 2.35. The van der Waals surface area contributed by atoms with Crippen molar-refractivity contribution in [2.24, 2.45) is 0 Å². The van der Waals surface area contributed by atoms with Crippen LogP contribution in [0.25, 0.3) is 0 Å². The number of hydrogen-bond donors (Lipinski definition) is 0. The average Bonchev–Trinajstić information content (AvgIpc) is 2.18. The Kier molecular flexibility index (Phi) is 3.90. The van der Waals surface area contributed by atoms with Crippen molar-refractivity contribution in [1.29, 1.82) is 5.26 Å². The summed E-state index contributed by atoms with van der Waals surface area (Å²) in [6.07, 6.45) is 0. The highest BCUT2D eigenvalue weighted by atomic mass is 79.9. The maximum atomic E-state index is 13.6. The minimum Gasteiger partial charge on any atom is -0.494 e. The first-order valence-corrected chi connectivity index (χ1v) is 5.38. The predicted molar refractivity (Wildman–Crippen MR) is 57.9 cm³/mol. The van der Waals surface area contributed by atoms with Gasteiger partial charge in [0.25, 0.3) is 0 Å². The Labute approximate surface area is 97.9 Å². The molecule has 0 saturated heterocycles. The van der Waals surface area contributed by atoms with E-state index in [2.05, 4.69) is 31.9 Å². The zero-order valence-corrected chi connectivity index (χ0v) is 10.4. The standard InChI is InChI=1S/C9H6Br2FNO/c1-14-7-3-2-5(10)8(9(7)12)6(11)4-13/h2-3,6H,1H3. The maximum Gasteiger partial charge on any atom is 0.171 e. The van der Waals surface area contributed by atoms with Crippen molar-refractivity contribution >= 4 is 31.9 Å². The third-order valence-corrected chi connectivity index (χ3v) is 3.03. The highest BCUT2D eigenvalue weighted by molar-refractivity contribution is 9.11. The van der Waals surface area contributed by atoms with Gasteiger partial charge in [-0.2, -0.15) is 5.26 Å². The average molecular weight is 323 g/mol. The molecule has 0 aliphatic rings. The van der Waals surface area contributed by atoms with Crippen LogP contribution in [0.1, 0.15) is 10.4 Å². The van der Waals surface area contributed by atoms with Crippen molar-refractivity contribution in [1.82, 2.24) is 0 Å². The lowest BCUT2D eigenvalue weighted by Gasteiger charge is -2.09. The molecule has 5 heteroatoms. The Morgan fingerprint density at radius 1 is 1.57 bits per heavy atom. The van der Waals surface area contributed by atoms with Gasteiger partial charge in [-0.3, -0.25) is 0 Å². The van der Waals surface area contributed by atoms with Crippen LogP contribution in [-0.4, -0.2) is 7.11 Å². The second-order valence-corrected chi connectivity index (χ2v) is 4.24. The van der Waals surface area contributed by atoms with Crippen LogP contribution in [0.4, 0.5) is 4.39 Å². The van der Waals surface area contributed by atoms with Gasteiger partial charge >= 0.3 is 0 Å². The topological polar surface area (TPSA) is 33.0 Å². The van der Waals surface area contributed by atoms with Gasteiger partial charge in [-0.15, -0.1) is 0 Å². The molecule has 1 unspecified atom stereocenters. The number of ether oxygens (including phenoxy) is 1. The van der Waals surface area contributed by atoms with Gasteiger partial charge in [-0.25, -0.2) is 4.39 Å². The molecule has 0 bridgehead atoms. The van der Waals surface area contributed by atoms with E-state index in [1.807, 2.05) is 6.07 Å². The Morgan fingerprint density at radius 2 is 2.21 bits per heavy atom. The van der Waals surface area contributed by atoms with Crippen LogP contribution in [0.15, 0.2) is 16.6 Å². The summed E-state index contributed by atoms with van der Waals surface area (Å²) in [5.74, 6) is -0.395. The predicted octanol–water partition coefficient (Wildman–Crippen LogP) is 3.56. The van der Waals surface area contributed by atoms with E-state index >= 15 is 0 Å². The van der Waals surface area contributed by atoms with Crippen LogP contribution in [0.2, 0.25) is 0 Å². The van der Waals surface area contributed by atoms with Crippen molar-refractivity contribution in [2.45, 2.75) is 4.83 Å². The van der Waals surface area contributed by atoms with Crippen molar-refractivity contribution in [3.05, 3.63) is 28.0 Å². The van der Waals surface area contributed by atoms with Crippen LogP contribution < -0.4 is 4.74 Å². The van der Waals surface area contributed by atoms with E-state index in [-0.39, 0.29) is 11.3 Å². The summed E-state index contributed by atoms with van der Waals surface area (Å²) < 4.78 is 19.0. The Hall–Kier alpha value is -0.600. The van der Waals surface area contributed by atoms with Crippen LogP contribution in [-0.2, 0) is 0 Å². The van der Waals surface area contributed by atoms with E-state index in [0.29, 0.717) is 4.47 Å². The van der Waals surface area contributed by atoms with E-state index in [1.54, 1.807) is 6.07 Å². The van der Waals surface area contributed by atoms with Gasteiger partial charge in [0.1, 0.15) is 4.83 Å². The highest BCUT2D eigenvalue weighted by Gasteiger charge is 2.19. The second-order valence-electron chi connectivity index (χ2n) is 2.47. The summed E-state index contributed by atoms with van der Waals surface area (Å²) in [5.41, 5.74) is 0.256. The normalized spacial score (nSPS) is 11.9. The molecule has 0 aromatic heterocycles. The quantitative estimate of drug-likeness (QED) is 0.780. The van der Waals surface area contributed by atoms with Gasteiger partial charge in [0.15, 0.2) is 11.6 Å². The SMILES string of the molecule is COc1ccc(Br)c(C(Br)C#N)c1F. The zero-order valence-electron chi connectivity index (χ0n) is 7.22. The van der Waals surface area contributed by atoms with Crippen molar-refractivity contribution in [2.75, 3.05) is 7.11 Å². The number of nitrogens with zero attached hydrogens (tertiary/aromatic N) is 1. The third-order valence-electron chi connectivity index (χ3n) is 1.68. The van der Waals surface area contributed by atoms with Gasteiger partial charge in [0, 0.05) is 10.0 Å². The summed E-state index contributed by atoms with van der Waals surface area (Å²) in [7, 11) is 1.38. The van der Waals surface area contributed by atoms with E-state index in [0.717, 1.165) is 0 Å². The fourth-order valence-corrected chi connectivity index (χ4v) is 2.29. The van der Waals surface area contributed by atoms with Gasteiger partial charge in [-0.1, -0.05) is 31.9 Å². The number of nitriles is 1. The van der Waals surface area contributed by atoms with Gasteiger partial charge in [0.05, 0.1) is 13.2 Å². The molecule has 74 valence electrons. The van der Waals surface area contributed by atoms with E-state index in [1.165, 1.54) is 13.2 Å². The van der Waals surface area contributed by atoms with Crippen LogP contribution >= 0.6 is 31.9 Å². The van der Waals surface area contributed by atoms with Crippen LogP contribution in [0.5, 0.6) is 5.75 Å². The fraction of sp³-hybridized carbons (Fsp3) is 0.222. The van der Waals surface area contributed by atoms with Crippen molar-refractivity contribution < 1.29 is 9.13 Å². The largest absolute Gasteiger partial charge is 0.494 e. The molecular formula is C9H6Br2FNO. The molecule has 14 heavy (non-hydrogen) atoms. The summed E-state index contributed by atoms with van der Waals surface area (Å²) in [5, 5.41) is 8.68. The molecule has 1 aromatic carbocycles. The van der Waals surface area contributed by atoms with Crippen LogP contribution in [0, 0.1) is 17.1 Å². The lowest BCUT2D eigenvalue weighted by Crippen LogP contribution is -1.97. The number of hydrogen-bond acceptors (Lipinski definition) is 2. The summed E-state index contributed by atoms with van der Waals surface area (Å²) in [4.78, 5) is -0.688. The molecule has 1 atom stereocenters. The van der Waals surface area contributed by atoms with Gasteiger partial charge < -0.3 is 4.74 Å². The summed E-state index contributed by atoms with van der Waals surface area (Å²) in [6, 6.07) is 5.05. The summed E-state index contributed by atoms with van der Waals surface area (Å²) >= 11 is 6.24. The van der Waals surface area contributed by atoms with Gasteiger partial charge in [0.2, 0.25) is 0 Å². The minimum atomic E-state index is -0.688. The minimum absolute atomic E-state index is 0.128. The van der Waals surface area contributed by atoms with E-state index in [4.69, 9.17) is 10.00 Å². The molecule has 0 aliphatic carbocycles.